The number of nitrogens with zero attached hydrogens (tertiary/aromatic N) is 2. The normalized spacial score (nSPS) is 12.8. The molecule has 10 aromatic carbocycles. The lowest BCUT2D eigenvalue weighted by atomic mass is 9.84. The Hall–Kier alpha value is -8.20. The Labute approximate surface area is 426 Å². The molecule has 0 radical (unpaired) electrons. The molecule has 1 aliphatic carbocycles. The van der Waals surface area contributed by atoms with Gasteiger partial charge in [-0.2, -0.15) is 0 Å². The van der Waals surface area contributed by atoms with Gasteiger partial charge in [-0.1, -0.05) is 205 Å². The Kier molecular flexibility index (Phi) is 12.3. The van der Waals surface area contributed by atoms with E-state index in [1.54, 1.807) is 0 Å². The average molecular weight is 931 g/mol. The van der Waals surface area contributed by atoms with Crippen LogP contribution in [0.1, 0.15) is 65.5 Å². The summed E-state index contributed by atoms with van der Waals surface area (Å²) in [5.74, 6) is 0. The van der Waals surface area contributed by atoms with E-state index in [4.69, 9.17) is 0 Å². The maximum atomic E-state index is 2.49. The zero-order valence-electron chi connectivity index (χ0n) is 42.4. The van der Waals surface area contributed by atoms with Crippen molar-refractivity contribution in [3.63, 3.8) is 0 Å². The van der Waals surface area contributed by atoms with Gasteiger partial charge >= 0.3 is 0 Å². The van der Waals surface area contributed by atoms with Crippen molar-refractivity contribution < 1.29 is 0 Å². The van der Waals surface area contributed by atoms with Crippen molar-refractivity contribution >= 4 is 50.0 Å². The molecule has 0 amide bonds. The summed E-state index contributed by atoms with van der Waals surface area (Å²) in [4.78, 5) is 4.90. The number of anilines is 5. The van der Waals surface area contributed by atoms with Crippen LogP contribution >= 0.6 is 0 Å². The summed E-state index contributed by atoms with van der Waals surface area (Å²) in [6.07, 6.45) is 8.75. The van der Waals surface area contributed by atoms with Crippen LogP contribution in [0.5, 0.6) is 0 Å². The van der Waals surface area contributed by atoms with Crippen LogP contribution in [-0.4, -0.2) is 0 Å². The fraction of sp³-hybridized carbons (Fsp3) is 0.143. The number of para-hydroxylation sites is 1. The Bertz CT molecular complexity index is 3610. The van der Waals surface area contributed by atoms with E-state index < -0.39 is 0 Å². The molecule has 72 heavy (non-hydrogen) atoms. The van der Waals surface area contributed by atoms with Crippen LogP contribution in [0.3, 0.4) is 0 Å². The highest BCUT2D eigenvalue weighted by Crippen LogP contribution is 2.49. The second-order valence-electron chi connectivity index (χ2n) is 21.3. The molecule has 0 saturated heterocycles. The van der Waals surface area contributed by atoms with Crippen molar-refractivity contribution in [1.29, 1.82) is 0 Å². The third-order valence-corrected chi connectivity index (χ3v) is 14.4. The lowest BCUT2D eigenvalue weighted by molar-refractivity contribution is 0.590. The fourth-order valence-electron chi connectivity index (χ4n) is 10.6. The number of hydrogen-bond donors (Lipinski definition) is 0. The molecule has 10 aromatic rings. The summed E-state index contributed by atoms with van der Waals surface area (Å²) < 4.78 is 0. The Morgan fingerprint density at radius 1 is 0.319 bits per heavy atom. The number of fused-ring (bicyclic) bond motifs is 2. The topological polar surface area (TPSA) is 6.48 Å². The first-order valence-corrected chi connectivity index (χ1v) is 25.6. The predicted octanol–water partition coefficient (Wildman–Crippen LogP) is 20.1. The van der Waals surface area contributed by atoms with Gasteiger partial charge < -0.3 is 9.80 Å². The van der Waals surface area contributed by atoms with Gasteiger partial charge in [-0.25, -0.2) is 0 Å². The molecular formula is C70H62N2. The van der Waals surface area contributed by atoms with Crippen LogP contribution in [0.15, 0.2) is 248 Å². The van der Waals surface area contributed by atoms with Crippen molar-refractivity contribution in [2.24, 2.45) is 0 Å². The van der Waals surface area contributed by atoms with Gasteiger partial charge in [-0.05, 0) is 180 Å². The van der Waals surface area contributed by atoms with E-state index in [2.05, 4.69) is 294 Å². The standard InChI is InChI=1S/C70H62N2/c1-69(2,3)55-33-37-59(38-34-55)71(57-29-15-9-16-30-57)61-41-43-63-65(47-61)67(53-27-19-25-51(45-53)49-21-11-7-12-22-49)64-44-42-62(48-66(64)68(63)54-28-20-26-52(46-54)50-23-13-8-14-24-50)72(58-31-17-10-18-32-58)60-39-35-56(36-40-60)70(4,5)6/h7-17,19-31,33-48H,18,32H2,1-6H3. The van der Waals surface area contributed by atoms with Crippen LogP contribution < -0.4 is 9.80 Å². The van der Waals surface area contributed by atoms with Crippen LogP contribution in [0.25, 0.3) is 66.1 Å². The molecule has 0 unspecified atom stereocenters. The molecule has 0 atom stereocenters. The Morgan fingerprint density at radius 3 is 1.15 bits per heavy atom. The molecule has 0 N–H and O–H groups in total. The SMILES string of the molecule is CC(C)(C)c1ccc(N(C2=CC=CCC2)c2ccc3c(-c4cccc(-c5ccccc5)c4)c4cc(N(c5ccccc5)c5ccc(C(C)(C)C)cc5)ccc4c(-c4cccc(-c5ccccc5)c4)c3c2)cc1. The smallest absolute Gasteiger partial charge is 0.0468 e. The molecule has 0 spiro atoms. The predicted molar refractivity (Wildman–Crippen MR) is 310 cm³/mol. The van der Waals surface area contributed by atoms with E-state index in [-0.39, 0.29) is 10.8 Å². The van der Waals surface area contributed by atoms with Crippen LogP contribution in [0.2, 0.25) is 0 Å². The van der Waals surface area contributed by atoms with Crippen LogP contribution in [0, 0.1) is 0 Å². The van der Waals surface area contributed by atoms with Gasteiger partial charge in [0.25, 0.3) is 0 Å². The number of hydrogen-bond acceptors (Lipinski definition) is 2. The summed E-state index contributed by atoms with van der Waals surface area (Å²) in [5.41, 5.74) is 19.2. The molecule has 11 rings (SSSR count). The summed E-state index contributed by atoms with van der Waals surface area (Å²) in [7, 11) is 0. The van der Waals surface area contributed by atoms with Crippen molar-refractivity contribution in [2.75, 3.05) is 9.80 Å². The highest BCUT2D eigenvalue weighted by molar-refractivity contribution is 6.23. The molecule has 0 aliphatic heterocycles. The minimum atomic E-state index is 0.0374. The van der Waals surface area contributed by atoms with Gasteiger partial charge in [0, 0.05) is 34.1 Å². The third-order valence-electron chi connectivity index (χ3n) is 14.4. The molecule has 0 saturated carbocycles. The molecule has 0 fully saturated rings. The molecule has 0 aromatic heterocycles. The van der Waals surface area contributed by atoms with Gasteiger partial charge in [0.1, 0.15) is 0 Å². The van der Waals surface area contributed by atoms with Crippen molar-refractivity contribution in [3.05, 3.63) is 260 Å². The first-order valence-electron chi connectivity index (χ1n) is 25.6. The summed E-state index contributed by atoms with van der Waals surface area (Å²) in [5, 5.41) is 4.81. The van der Waals surface area contributed by atoms with E-state index in [9.17, 15) is 0 Å². The highest BCUT2D eigenvalue weighted by Gasteiger charge is 2.24. The average Bonchev–Trinajstić information content (AvgIpc) is 3.41. The summed E-state index contributed by atoms with van der Waals surface area (Å²) in [6, 6.07) is 83.5. The quantitative estimate of drug-likeness (QED) is 0.126. The molecule has 2 nitrogen and oxygen atoms in total. The number of rotatable bonds is 10. The molecule has 1 aliphatic rings. The van der Waals surface area contributed by atoms with E-state index in [0.717, 1.165) is 41.3 Å². The first kappa shape index (κ1) is 46.2. The molecule has 2 heteroatoms. The Balaban J connectivity index is 1.23. The number of allylic oxidation sites excluding steroid dienone is 4. The van der Waals surface area contributed by atoms with Crippen molar-refractivity contribution in [2.45, 2.75) is 65.2 Å². The minimum absolute atomic E-state index is 0.0374. The van der Waals surface area contributed by atoms with Crippen molar-refractivity contribution in [1.82, 2.24) is 0 Å². The number of benzene rings is 10. The lowest BCUT2D eigenvalue weighted by Gasteiger charge is -2.31. The van der Waals surface area contributed by atoms with Gasteiger partial charge in [-0.15, -0.1) is 0 Å². The first-order chi connectivity index (χ1) is 35.0. The zero-order valence-corrected chi connectivity index (χ0v) is 42.4. The maximum Gasteiger partial charge on any atom is 0.0468 e. The van der Waals surface area contributed by atoms with E-state index in [1.807, 2.05) is 0 Å². The second kappa shape index (κ2) is 19.2. The van der Waals surface area contributed by atoms with Gasteiger partial charge in [0.15, 0.2) is 0 Å². The van der Waals surface area contributed by atoms with Crippen molar-refractivity contribution in [3.8, 4) is 44.5 Å². The second-order valence-corrected chi connectivity index (χ2v) is 21.3. The van der Waals surface area contributed by atoms with E-state index in [1.165, 1.54) is 82.9 Å². The minimum Gasteiger partial charge on any atom is -0.314 e. The van der Waals surface area contributed by atoms with E-state index >= 15 is 0 Å². The largest absolute Gasteiger partial charge is 0.314 e. The zero-order chi connectivity index (χ0) is 49.4. The van der Waals surface area contributed by atoms with Gasteiger partial charge in [-0.3, -0.25) is 0 Å². The van der Waals surface area contributed by atoms with Gasteiger partial charge in [0.2, 0.25) is 0 Å². The molecule has 0 bridgehead atoms. The summed E-state index contributed by atoms with van der Waals surface area (Å²) >= 11 is 0. The summed E-state index contributed by atoms with van der Waals surface area (Å²) in [6.45, 7) is 13.7. The lowest BCUT2D eigenvalue weighted by Crippen LogP contribution is -2.18. The highest BCUT2D eigenvalue weighted by atomic mass is 15.2. The Morgan fingerprint density at radius 2 is 0.708 bits per heavy atom. The fourth-order valence-corrected chi connectivity index (χ4v) is 10.6. The maximum absolute atomic E-state index is 2.49. The molecular weight excluding hydrogens is 869 g/mol. The third kappa shape index (κ3) is 9.17. The molecule has 0 heterocycles. The monoisotopic (exact) mass is 930 g/mol. The van der Waals surface area contributed by atoms with Gasteiger partial charge in [0.05, 0.1) is 0 Å². The van der Waals surface area contributed by atoms with E-state index in [0.29, 0.717) is 0 Å². The molecule has 352 valence electrons. The van der Waals surface area contributed by atoms with Crippen LogP contribution in [-0.2, 0) is 10.8 Å². The van der Waals surface area contributed by atoms with Crippen LogP contribution in [0.4, 0.5) is 28.4 Å².